The van der Waals surface area contributed by atoms with Crippen molar-refractivity contribution < 1.29 is 0 Å². The molecule has 0 aliphatic heterocycles. The van der Waals surface area contributed by atoms with Gasteiger partial charge >= 0.3 is 0 Å². The first-order valence-corrected chi connectivity index (χ1v) is 6.11. The van der Waals surface area contributed by atoms with Crippen LogP contribution in [0, 0.1) is 6.92 Å². The Bertz CT molecular complexity index is 589. The standard InChI is InChI=1S/C17H16/c1-12-10-16-13(2)8-9-15(17(16)11-12)14-6-4-3-5-7-14/h3-9,11H,10H2,1-2H3. The topological polar surface area (TPSA) is 0 Å². The summed E-state index contributed by atoms with van der Waals surface area (Å²) in [5, 5.41) is 0. The number of fused-ring (bicyclic) bond motifs is 1. The molecule has 0 saturated carbocycles. The molecular formula is C17H16. The lowest BCUT2D eigenvalue weighted by Gasteiger charge is -2.10. The Balaban J connectivity index is 2.23. The van der Waals surface area contributed by atoms with Gasteiger partial charge in [0.2, 0.25) is 0 Å². The van der Waals surface area contributed by atoms with Crippen LogP contribution in [-0.4, -0.2) is 0 Å². The van der Waals surface area contributed by atoms with Crippen molar-refractivity contribution in [2.75, 3.05) is 0 Å². The summed E-state index contributed by atoms with van der Waals surface area (Å²) in [5.74, 6) is 0. The van der Waals surface area contributed by atoms with E-state index in [-0.39, 0.29) is 0 Å². The lowest BCUT2D eigenvalue weighted by atomic mass is 9.94. The molecular weight excluding hydrogens is 204 g/mol. The van der Waals surface area contributed by atoms with Crippen LogP contribution in [0.4, 0.5) is 0 Å². The van der Waals surface area contributed by atoms with Gasteiger partial charge in [-0.3, -0.25) is 0 Å². The summed E-state index contributed by atoms with van der Waals surface area (Å²) in [7, 11) is 0. The van der Waals surface area contributed by atoms with E-state index in [2.05, 4.69) is 62.4 Å². The second-order valence-electron chi connectivity index (χ2n) is 4.86. The van der Waals surface area contributed by atoms with Crippen molar-refractivity contribution in [3.05, 3.63) is 64.7 Å². The summed E-state index contributed by atoms with van der Waals surface area (Å²) in [6.07, 6.45) is 3.45. The molecule has 0 atom stereocenters. The van der Waals surface area contributed by atoms with Crippen LogP contribution in [0.1, 0.15) is 23.6 Å². The smallest absolute Gasteiger partial charge is 0.00577 e. The molecule has 0 heterocycles. The zero-order valence-electron chi connectivity index (χ0n) is 10.3. The van der Waals surface area contributed by atoms with Gasteiger partial charge in [0.05, 0.1) is 0 Å². The Morgan fingerprint density at radius 3 is 2.41 bits per heavy atom. The number of allylic oxidation sites excluding steroid dienone is 1. The van der Waals surface area contributed by atoms with Gasteiger partial charge in [-0.1, -0.05) is 54.1 Å². The minimum absolute atomic E-state index is 1.11. The van der Waals surface area contributed by atoms with Crippen molar-refractivity contribution in [1.29, 1.82) is 0 Å². The van der Waals surface area contributed by atoms with E-state index in [1.54, 1.807) is 0 Å². The van der Waals surface area contributed by atoms with Gasteiger partial charge in [-0.15, -0.1) is 0 Å². The Labute approximate surface area is 103 Å². The third-order valence-corrected chi connectivity index (χ3v) is 3.52. The minimum Gasteiger partial charge on any atom is -0.0683 e. The van der Waals surface area contributed by atoms with Crippen molar-refractivity contribution in [1.82, 2.24) is 0 Å². The fourth-order valence-electron chi connectivity index (χ4n) is 2.62. The summed E-state index contributed by atoms with van der Waals surface area (Å²) in [6, 6.07) is 15.1. The minimum atomic E-state index is 1.11. The van der Waals surface area contributed by atoms with E-state index in [9.17, 15) is 0 Å². The van der Waals surface area contributed by atoms with Gasteiger partial charge in [0.1, 0.15) is 0 Å². The third-order valence-electron chi connectivity index (χ3n) is 3.52. The largest absolute Gasteiger partial charge is 0.0683 e. The molecule has 17 heavy (non-hydrogen) atoms. The lowest BCUT2D eigenvalue weighted by molar-refractivity contribution is 1.16. The summed E-state index contributed by atoms with van der Waals surface area (Å²) in [4.78, 5) is 0. The van der Waals surface area contributed by atoms with E-state index in [0.717, 1.165) is 6.42 Å². The second kappa shape index (κ2) is 3.89. The van der Waals surface area contributed by atoms with Gasteiger partial charge in [0.15, 0.2) is 0 Å². The summed E-state index contributed by atoms with van der Waals surface area (Å²) >= 11 is 0. The molecule has 0 unspecified atom stereocenters. The molecule has 0 nitrogen and oxygen atoms in total. The fraction of sp³-hybridized carbons (Fsp3) is 0.176. The van der Waals surface area contributed by atoms with Gasteiger partial charge in [0.25, 0.3) is 0 Å². The van der Waals surface area contributed by atoms with E-state index < -0.39 is 0 Å². The highest BCUT2D eigenvalue weighted by molar-refractivity contribution is 5.81. The van der Waals surface area contributed by atoms with Gasteiger partial charge < -0.3 is 0 Å². The number of hydrogen-bond donors (Lipinski definition) is 0. The SMILES string of the molecule is CC1=Cc2c(-c3ccccc3)ccc(C)c2C1. The van der Waals surface area contributed by atoms with Crippen LogP contribution in [0.25, 0.3) is 17.2 Å². The number of rotatable bonds is 1. The van der Waals surface area contributed by atoms with E-state index in [1.165, 1.54) is 33.4 Å². The molecule has 0 amide bonds. The molecule has 0 heteroatoms. The molecule has 3 rings (SSSR count). The van der Waals surface area contributed by atoms with Gasteiger partial charge in [-0.2, -0.15) is 0 Å². The maximum atomic E-state index is 2.34. The summed E-state index contributed by atoms with van der Waals surface area (Å²) in [6.45, 7) is 4.42. The van der Waals surface area contributed by atoms with E-state index >= 15 is 0 Å². The van der Waals surface area contributed by atoms with E-state index in [1.807, 2.05) is 0 Å². The van der Waals surface area contributed by atoms with Crippen LogP contribution in [-0.2, 0) is 6.42 Å². The van der Waals surface area contributed by atoms with Crippen molar-refractivity contribution in [3.63, 3.8) is 0 Å². The normalized spacial score (nSPS) is 13.4. The predicted octanol–water partition coefficient (Wildman–Crippen LogP) is 4.62. The van der Waals surface area contributed by atoms with E-state index in [4.69, 9.17) is 0 Å². The van der Waals surface area contributed by atoms with Crippen molar-refractivity contribution in [2.45, 2.75) is 20.3 Å². The molecule has 0 saturated heterocycles. The van der Waals surface area contributed by atoms with Gasteiger partial charge in [-0.05, 0) is 48.1 Å². The zero-order chi connectivity index (χ0) is 11.8. The van der Waals surface area contributed by atoms with Gasteiger partial charge in [0, 0.05) is 0 Å². The Morgan fingerprint density at radius 1 is 0.882 bits per heavy atom. The first kappa shape index (κ1) is 10.3. The van der Waals surface area contributed by atoms with Crippen LogP contribution in [0.5, 0.6) is 0 Å². The van der Waals surface area contributed by atoms with Crippen molar-refractivity contribution >= 4 is 6.08 Å². The molecule has 0 aromatic heterocycles. The van der Waals surface area contributed by atoms with Crippen LogP contribution in [0.15, 0.2) is 48.0 Å². The quantitative estimate of drug-likeness (QED) is 0.657. The molecule has 0 spiro atoms. The van der Waals surface area contributed by atoms with Crippen molar-refractivity contribution in [3.8, 4) is 11.1 Å². The number of benzene rings is 2. The summed E-state index contributed by atoms with van der Waals surface area (Å²) < 4.78 is 0. The Kier molecular flexibility index (Phi) is 2.36. The molecule has 2 aromatic rings. The number of hydrogen-bond acceptors (Lipinski definition) is 0. The average Bonchev–Trinajstić information content (AvgIpc) is 2.73. The molecule has 0 N–H and O–H groups in total. The van der Waals surface area contributed by atoms with Crippen LogP contribution in [0.2, 0.25) is 0 Å². The molecule has 0 fully saturated rings. The highest BCUT2D eigenvalue weighted by atomic mass is 14.2. The molecule has 2 aromatic carbocycles. The zero-order valence-corrected chi connectivity index (χ0v) is 10.3. The predicted molar refractivity (Wildman–Crippen MR) is 74.0 cm³/mol. The van der Waals surface area contributed by atoms with Crippen LogP contribution >= 0.6 is 0 Å². The monoisotopic (exact) mass is 220 g/mol. The number of aryl methyl sites for hydroxylation is 1. The molecule has 0 bridgehead atoms. The molecule has 1 aliphatic rings. The first-order chi connectivity index (χ1) is 8.25. The van der Waals surface area contributed by atoms with Gasteiger partial charge in [-0.25, -0.2) is 0 Å². The highest BCUT2D eigenvalue weighted by Gasteiger charge is 2.16. The highest BCUT2D eigenvalue weighted by Crippen LogP contribution is 2.35. The maximum absolute atomic E-state index is 2.34. The molecule has 84 valence electrons. The summed E-state index contributed by atoms with van der Waals surface area (Å²) in [5.41, 5.74) is 8.48. The molecule has 0 radical (unpaired) electrons. The third kappa shape index (κ3) is 1.70. The average molecular weight is 220 g/mol. The first-order valence-electron chi connectivity index (χ1n) is 6.11. The Hall–Kier alpha value is -1.82. The lowest BCUT2D eigenvalue weighted by Crippen LogP contribution is -1.91. The Morgan fingerprint density at radius 2 is 1.65 bits per heavy atom. The maximum Gasteiger partial charge on any atom is -0.00577 e. The van der Waals surface area contributed by atoms with E-state index in [0.29, 0.717) is 0 Å². The fourth-order valence-corrected chi connectivity index (χ4v) is 2.62. The van der Waals surface area contributed by atoms with Crippen LogP contribution < -0.4 is 0 Å². The van der Waals surface area contributed by atoms with Crippen molar-refractivity contribution in [2.24, 2.45) is 0 Å². The second-order valence-corrected chi connectivity index (χ2v) is 4.86. The molecule has 1 aliphatic carbocycles. The van der Waals surface area contributed by atoms with Crippen LogP contribution in [0.3, 0.4) is 0 Å².